The van der Waals surface area contributed by atoms with E-state index >= 15 is 0 Å². The number of methoxy groups -OCH3 is 1. The summed E-state index contributed by atoms with van der Waals surface area (Å²) in [5, 5.41) is 21.8. The molecule has 16 heteroatoms. The molecule has 3 heterocycles. The van der Waals surface area contributed by atoms with E-state index < -0.39 is 20.4 Å². The van der Waals surface area contributed by atoms with Crippen LogP contribution in [0.1, 0.15) is 43.2 Å². The molecule has 0 aliphatic heterocycles. The molecule has 0 bridgehead atoms. The number of para-hydroxylation sites is 1. The molecule has 0 saturated heterocycles. The summed E-state index contributed by atoms with van der Waals surface area (Å²) in [4.78, 5) is 31.7. The fourth-order valence-electron chi connectivity index (χ4n) is 5.99. The van der Waals surface area contributed by atoms with Crippen LogP contribution in [-0.2, 0) is 17.8 Å². The molecule has 6 aromatic rings. The van der Waals surface area contributed by atoms with E-state index in [9.17, 15) is 15.0 Å². The number of carboxylic acids is 1. The first kappa shape index (κ1) is 42.1. The van der Waals surface area contributed by atoms with Gasteiger partial charge in [0.2, 0.25) is 20.3 Å². The highest BCUT2D eigenvalue weighted by Crippen LogP contribution is 2.51. The van der Waals surface area contributed by atoms with Gasteiger partial charge in [0, 0.05) is 23.7 Å². The minimum Gasteiger partial charge on any atom is -0.543 e. The number of carbonyl (C=O) groups is 1. The molecule has 2 N–H and O–H groups in total. The summed E-state index contributed by atoms with van der Waals surface area (Å²) in [6.07, 6.45) is 1.44. The molecule has 0 aliphatic rings. The highest BCUT2D eigenvalue weighted by molar-refractivity contribution is 9.11. The number of fused-ring (bicyclic) bond motifs is 1. The Labute approximate surface area is 354 Å². The first-order valence-electron chi connectivity index (χ1n) is 17.8. The smallest absolute Gasteiger partial charge is 0.345 e. The minimum atomic E-state index is -2.28. The summed E-state index contributed by atoms with van der Waals surface area (Å²) in [6.45, 7) is 14.3. The second-order valence-corrected chi connectivity index (χ2v) is 22.7. The van der Waals surface area contributed by atoms with Gasteiger partial charge < -0.3 is 28.8 Å². The molecule has 0 saturated carbocycles. The van der Waals surface area contributed by atoms with Crippen molar-refractivity contribution >= 4 is 75.0 Å². The summed E-state index contributed by atoms with van der Waals surface area (Å²) in [5.41, 5.74) is 4.26. The Kier molecular flexibility index (Phi) is 12.4. The summed E-state index contributed by atoms with van der Waals surface area (Å²) < 4.78 is 25.5. The van der Waals surface area contributed by atoms with Crippen molar-refractivity contribution in [3.05, 3.63) is 97.3 Å². The third-order valence-corrected chi connectivity index (χ3v) is 17.1. The van der Waals surface area contributed by atoms with Crippen LogP contribution in [0.25, 0.3) is 32.7 Å². The highest BCUT2D eigenvalue weighted by Gasteiger charge is 2.39. The number of aromatic nitrogens is 4. The van der Waals surface area contributed by atoms with Gasteiger partial charge in [0.25, 0.3) is 0 Å². The summed E-state index contributed by atoms with van der Waals surface area (Å²) in [5.74, 6) is 0.734. The van der Waals surface area contributed by atoms with Crippen LogP contribution < -0.4 is 18.6 Å². The number of halogens is 3. The van der Waals surface area contributed by atoms with Crippen molar-refractivity contribution in [2.45, 2.75) is 71.9 Å². The third kappa shape index (κ3) is 8.70. The van der Waals surface area contributed by atoms with Gasteiger partial charge in [0.05, 0.1) is 37.6 Å². The molecule has 1 unspecified atom stereocenters. The van der Waals surface area contributed by atoms with Crippen LogP contribution in [0.4, 0.5) is 0 Å². The van der Waals surface area contributed by atoms with Crippen molar-refractivity contribution in [1.29, 1.82) is 0 Å². The van der Waals surface area contributed by atoms with Gasteiger partial charge in [-0.25, -0.2) is 24.7 Å². The topological polar surface area (TPSA) is 146 Å². The molecule has 11 nitrogen and oxygen atoms in total. The number of aliphatic carboxylic acids is 1. The molecule has 3 aromatic carbocycles. The maximum absolute atomic E-state index is 13.1. The second-order valence-electron chi connectivity index (χ2n) is 14.9. The van der Waals surface area contributed by atoms with E-state index in [1.54, 1.807) is 39.3 Å². The number of thiophene rings is 1. The van der Waals surface area contributed by atoms with Crippen LogP contribution in [0.2, 0.25) is 28.2 Å². The number of ether oxygens (including phenoxy) is 3. The van der Waals surface area contributed by atoms with E-state index in [0.29, 0.717) is 70.6 Å². The summed E-state index contributed by atoms with van der Waals surface area (Å²) in [6, 6.07) is 14.7. The van der Waals surface area contributed by atoms with E-state index in [2.05, 4.69) is 64.7 Å². The molecule has 6 rings (SSSR count). The zero-order valence-corrected chi connectivity index (χ0v) is 37.4. The van der Waals surface area contributed by atoms with Crippen LogP contribution in [0, 0.1) is 13.8 Å². The Morgan fingerprint density at radius 2 is 1.68 bits per heavy atom. The van der Waals surface area contributed by atoms with E-state index in [1.807, 2.05) is 36.4 Å². The van der Waals surface area contributed by atoms with E-state index in [4.69, 9.17) is 46.8 Å². The Morgan fingerprint density at radius 3 is 2.35 bits per heavy atom. The van der Waals surface area contributed by atoms with Crippen molar-refractivity contribution in [2.75, 3.05) is 7.11 Å². The van der Waals surface area contributed by atoms with Gasteiger partial charge in [-0.2, -0.15) is 0 Å². The number of hydrogen-bond acceptors (Lipinski definition) is 11. The van der Waals surface area contributed by atoms with Gasteiger partial charge in [-0.05, 0) is 101 Å². The minimum absolute atomic E-state index is 0.0458. The average Bonchev–Trinajstić information content (AvgIpc) is 3.51. The largest absolute Gasteiger partial charge is 0.543 e. The van der Waals surface area contributed by atoms with Crippen LogP contribution in [0.15, 0.2) is 64.8 Å². The van der Waals surface area contributed by atoms with Gasteiger partial charge in [-0.1, -0.05) is 56.1 Å². The summed E-state index contributed by atoms with van der Waals surface area (Å²) in [7, 11) is -0.692. The van der Waals surface area contributed by atoms with Crippen molar-refractivity contribution in [3.63, 3.8) is 0 Å². The Balaban J connectivity index is 1.38. The first-order chi connectivity index (χ1) is 26.9. The number of phenols is 1. The predicted molar refractivity (Wildman–Crippen MR) is 230 cm³/mol. The lowest BCUT2D eigenvalue weighted by atomic mass is 9.95. The SMILES string of the molecule is COc1ccccc1-c1nccc(COc2ccc(O[Si](C)(C)C(C)(C)C)cc2CC(Oc2ncnc3sc(Br)c(-c4c(C)c(Cl)c(O)c(Cl)c4C)c23)C(=O)O)n1. The lowest BCUT2D eigenvalue weighted by Crippen LogP contribution is -2.43. The van der Waals surface area contributed by atoms with Gasteiger partial charge in [-0.3, -0.25) is 0 Å². The molecule has 0 spiro atoms. The molecule has 0 aliphatic carbocycles. The number of rotatable bonds is 13. The number of carboxylic acid groups (broad SMARTS) is 1. The van der Waals surface area contributed by atoms with Crippen molar-refractivity contribution < 1.29 is 33.6 Å². The van der Waals surface area contributed by atoms with Gasteiger partial charge in [0.15, 0.2) is 11.6 Å². The van der Waals surface area contributed by atoms with Crippen LogP contribution in [-0.4, -0.2) is 57.6 Å². The molecule has 0 fully saturated rings. The van der Waals surface area contributed by atoms with Gasteiger partial charge in [0.1, 0.15) is 35.0 Å². The number of hydrogen-bond donors (Lipinski definition) is 2. The third-order valence-electron chi connectivity index (χ3n) is 10.1. The number of phenolic OH excluding ortho intramolecular Hbond substituents is 1. The van der Waals surface area contributed by atoms with Gasteiger partial charge >= 0.3 is 5.97 Å². The molecule has 3 aromatic heterocycles. The Morgan fingerprint density at radius 1 is 0.982 bits per heavy atom. The molecule has 0 radical (unpaired) electrons. The van der Waals surface area contributed by atoms with E-state index in [-0.39, 0.29) is 39.7 Å². The monoisotopic (exact) mass is 910 g/mol. The number of benzene rings is 3. The van der Waals surface area contributed by atoms with Crippen molar-refractivity contribution in [2.24, 2.45) is 0 Å². The van der Waals surface area contributed by atoms with E-state index in [0.717, 1.165) is 5.56 Å². The normalized spacial score (nSPS) is 12.4. The van der Waals surface area contributed by atoms with Crippen LogP contribution in [0.3, 0.4) is 0 Å². The fourth-order valence-corrected chi connectivity index (χ4v) is 9.16. The summed E-state index contributed by atoms with van der Waals surface area (Å²) >= 11 is 18.0. The second kappa shape index (κ2) is 16.8. The quantitative estimate of drug-likeness (QED) is 0.107. The predicted octanol–water partition coefficient (Wildman–Crippen LogP) is 11.3. The Hall–Kier alpha value is -4.47. The van der Waals surface area contributed by atoms with Gasteiger partial charge in [-0.15, -0.1) is 11.3 Å². The van der Waals surface area contributed by atoms with Crippen LogP contribution >= 0.6 is 50.5 Å². The molecule has 1 atom stereocenters. The van der Waals surface area contributed by atoms with E-state index in [1.165, 1.54) is 17.7 Å². The van der Waals surface area contributed by atoms with Crippen LogP contribution in [0.5, 0.6) is 28.9 Å². The maximum atomic E-state index is 13.1. The molecular weight excluding hydrogens is 871 g/mol. The average molecular weight is 913 g/mol. The first-order valence-corrected chi connectivity index (χ1v) is 23.1. The van der Waals surface area contributed by atoms with Crippen molar-refractivity contribution in [1.82, 2.24) is 19.9 Å². The number of nitrogens with zero attached hydrogens (tertiary/aromatic N) is 4. The number of aromatic hydroxyl groups is 1. The molecular formula is C41H41BrCl2N4O7SSi. The maximum Gasteiger partial charge on any atom is 0.345 e. The Bertz CT molecular complexity index is 2470. The lowest BCUT2D eigenvalue weighted by molar-refractivity contribution is -0.145. The standard InChI is InChI=1S/C41H41BrCl2N4O7SSi/c1-21-30(22(2)34(44)35(49)33(21)43)31-32-38(46-20-47-39(32)56-36(31)42)54-29(40(50)51)18-23-17-25(55-57(7,8)41(3,4)5)13-14-27(23)53-19-24-15-16-45-37(48-24)26-11-9-10-12-28(26)52-6/h9-17,20,29,49H,18-19H2,1-8H3,(H,50,51). The van der Waals surface area contributed by atoms with Crippen molar-refractivity contribution in [3.8, 4) is 51.4 Å². The molecule has 0 amide bonds. The zero-order chi connectivity index (χ0) is 41.4. The lowest BCUT2D eigenvalue weighted by Gasteiger charge is -2.36. The zero-order valence-electron chi connectivity index (χ0n) is 32.5. The fraction of sp³-hybridized carbons (Fsp3) is 0.293. The molecule has 57 heavy (non-hydrogen) atoms. The highest BCUT2D eigenvalue weighted by atomic mass is 79.9. The molecule has 298 valence electrons.